The van der Waals surface area contributed by atoms with Crippen LogP contribution in [-0.2, 0) is 6.54 Å². The van der Waals surface area contributed by atoms with E-state index < -0.39 is 18.8 Å². The van der Waals surface area contributed by atoms with Crippen molar-refractivity contribution in [2.75, 3.05) is 10.8 Å². The second kappa shape index (κ2) is 6.33. The van der Waals surface area contributed by atoms with Crippen LogP contribution in [0.15, 0.2) is 12.3 Å². The topological polar surface area (TPSA) is 74.0 Å². The largest absolute Gasteiger partial charge is 0.405 e. The highest BCUT2D eigenvalue weighted by Gasteiger charge is 2.29. The maximum Gasteiger partial charge on any atom is 0.405 e. The van der Waals surface area contributed by atoms with E-state index in [9.17, 15) is 18.0 Å². The zero-order chi connectivity index (χ0) is 14.5. The maximum atomic E-state index is 11.9. The minimum Gasteiger partial charge on any atom is -0.328 e. The van der Waals surface area contributed by atoms with E-state index in [1.807, 2.05) is 6.07 Å². The minimum atomic E-state index is -4.49. The molecule has 0 bridgehead atoms. The molecule has 2 amide bonds. The van der Waals surface area contributed by atoms with E-state index in [2.05, 4.69) is 17.9 Å². The predicted molar refractivity (Wildman–Crippen MR) is 63.4 cm³/mol. The van der Waals surface area contributed by atoms with Crippen molar-refractivity contribution in [1.82, 2.24) is 15.1 Å². The van der Waals surface area contributed by atoms with Crippen LogP contribution in [0, 0.1) is 11.3 Å². The molecule has 0 aliphatic carbocycles. The van der Waals surface area contributed by atoms with Gasteiger partial charge in [-0.25, -0.2) is 9.10 Å². The van der Waals surface area contributed by atoms with Gasteiger partial charge in [-0.15, -0.1) is 0 Å². The molecule has 0 unspecified atom stereocenters. The average molecular weight is 293 g/mol. The second-order valence-corrected chi connectivity index (χ2v) is 3.83. The highest BCUT2D eigenvalue weighted by atomic mass is 32.1. The van der Waals surface area contributed by atoms with Crippen molar-refractivity contribution >= 4 is 24.7 Å². The monoisotopic (exact) mass is 293 g/mol. The lowest BCUT2D eigenvalue weighted by Gasteiger charge is -2.14. The van der Waals surface area contributed by atoms with Crippen LogP contribution >= 0.6 is 12.8 Å². The lowest BCUT2D eigenvalue weighted by molar-refractivity contribution is -0.122. The van der Waals surface area contributed by atoms with Crippen molar-refractivity contribution in [3.8, 4) is 6.07 Å². The van der Waals surface area contributed by atoms with E-state index in [0.717, 1.165) is 0 Å². The number of hydrogen-bond donors (Lipinski definition) is 2. The number of rotatable bonds is 4. The Morgan fingerprint density at radius 1 is 1.63 bits per heavy atom. The fraction of sp³-hybridized carbons (Fsp3) is 0.444. The first-order chi connectivity index (χ1) is 8.83. The van der Waals surface area contributed by atoms with Gasteiger partial charge in [0.1, 0.15) is 6.54 Å². The number of hydrogen-bond acceptors (Lipinski definition) is 4. The van der Waals surface area contributed by atoms with Gasteiger partial charge in [0.15, 0.2) is 5.82 Å². The van der Waals surface area contributed by atoms with Gasteiger partial charge in [-0.2, -0.15) is 23.5 Å². The number of carbonyl (C=O) groups is 1. The van der Waals surface area contributed by atoms with Gasteiger partial charge in [-0.1, -0.05) is 12.8 Å². The Labute approximate surface area is 112 Å². The van der Waals surface area contributed by atoms with E-state index in [-0.39, 0.29) is 12.2 Å². The molecule has 1 rings (SSSR count). The number of aryl methyl sites for hydroxylation is 1. The number of urea groups is 1. The zero-order valence-electron chi connectivity index (χ0n) is 9.55. The molecule has 0 saturated heterocycles. The molecule has 19 heavy (non-hydrogen) atoms. The lowest BCUT2D eigenvalue weighted by Crippen LogP contribution is -2.40. The summed E-state index contributed by atoms with van der Waals surface area (Å²) >= 11 is 3.76. The first kappa shape index (κ1) is 15.2. The fourth-order valence-corrected chi connectivity index (χ4v) is 1.29. The Bertz CT molecular complexity index is 481. The molecule has 104 valence electrons. The molecule has 6 nitrogen and oxygen atoms in total. The normalized spacial score (nSPS) is 10.9. The van der Waals surface area contributed by atoms with Gasteiger partial charge in [0.05, 0.1) is 19.0 Å². The number of aromatic nitrogens is 2. The van der Waals surface area contributed by atoms with E-state index in [0.29, 0.717) is 10.8 Å². The Kier molecular flexibility index (Phi) is 5.05. The van der Waals surface area contributed by atoms with Gasteiger partial charge in [0, 0.05) is 12.3 Å². The zero-order valence-corrected chi connectivity index (χ0v) is 10.4. The van der Waals surface area contributed by atoms with Gasteiger partial charge in [-0.3, -0.25) is 4.68 Å². The highest BCUT2D eigenvalue weighted by Crippen LogP contribution is 2.15. The second-order valence-electron chi connectivity index (χ2n) is 3.43. The number of carbonyl (C=O) groups excluding carboxylic acids is 1. The van der Waals surface area contributed by atoms with Crippen molar-refractivity contribution in [1.29, 1.82) is 5.26 Å². The van der Waals surface area contributed by atoms with Gasteiger partial charge in [0.2, 0.25) is 0 Å². The summed E-state index contributed by atoms with van der Waals surface area (Å²) in [5.74, 6) is 0.0703. The average Bonchev–Trinajstić information content (AvgIpc) is 2.80. The van der Waals surface area contributed by atoms with E-state index in [1.165, 1.54) is 16.9 Å². The molecule has 0 aromatic carbocycles. The van der Waals surface area contributed by atoms with Crippen molar-refractivity contribution < 1.29 is 18.0 Å². The van der Waals surface area contributed by atoms with Crippen LogP contribution < -0.4 is 9.62 Å². The quantitative estimate of drug-likeness (QED) is 0.830. The molecule has 0 aliphatic rings. The van der Waals surface area contributed by atoms with Crippen LogP contribution in [0.4, 0.5) is 23.8 Å². The van der Waals surface area contributed by atoms with E-state index in [4.69, 9.17) is 5.26 Å². The highest BCUT2D eigenvalue weighted by molar-refractivity contribution is 7.82. The molecule has 1 N–H and O–H groups in total. The standard InChI is InChI=1S/C9H10F3N5OS/c10-9(11,12)6-14-8(18)17(19)7-2-5-16(15-7)4-1-3-13/h2,5,19H,1,4,6H2,(H,14,18). The summed E-state index contributed by atoms with van der Waals surface area (Å²) in [7, 11) is 0. The Hall–Kier alpha value is -1.89. The molecule has 0 radical (unpaired) electrons. The van der Waals surface area contributed by atoms with Crippen molar-refractivity contribution in [2.45, 2.75) is 19.1 Å². The molecule has 1 aromatic heterocycles. The predicted octanol–water partition coefficient (Wildman–Crippen LogP) is 1.72. The Morgan fingerprint density at radius 3 is 2.89 bits per heavy atom. The van der Waals surface area contributed by atoms with Crippen LogP contribution in [0.5, 0.6) is 0 Å². The number of halogens is 3. The van der Waals surface area contributed by atoms with E-state index in [1.54, 1.807) is 5.32 Å². The van der Waals surface area contributed by atoms with Crippen molar-refractivity contribution in [3.63, 3.8) is 0 Å². The molecule has 0 fully saturated rings. The number of nitriles is 1. The maximum absolute atomic E-state index is 11.9. The summed E-state index contributed by atoms with van der Waals surface area (Å²) in [6.07, 6.45) is -2.77. The minimum absolute atomic E-state index is 0.0703. The summed E-state index contributed by atoms with van der Waals surface area (Å²) in [6, 6.07) is 2.28. The smallest absolute Gasteiger partial charge is 0.328 e. The van der Waals surface area contributed by atoms with Crippen molar-refractivity contribution in [2.24, 2.45) is 0 Å². The summed E-state index contributed by atoms with van der Waals surface area (Å²) in [5, 5.41) is 13.9. The summed E-state index contributed by atoms with van der Waals surface area (Å²) in [6.45, 7) is -1.12. The molecular weight excluding hydrogens is 283 g/mol. The third-order valence-corrected chi connectivity index (χ3v) is 2.32. The Morgan fingerprint density at radius 2 is 2.32 bits per heavy atom. The third kappa shape index (κ3) is 5.09. The van der Waals surface area contributed by atoms with Gasteiger partial charge >= 0.3 is 12.2 Å². The van der Waals surface area contributed by atoms with Gasteiger partial charge in [0.25, 0.3) is 0 Å². The molecular formula is C9H10F3N5OS. The van der Waals surface area contributed by atoms with Crippen LogP contribution in [-0.4, -0.2) is 28.5 Å². The van der Waals surface area contributed by atoms with Crippen LogP contribution in [0.25, 0.3) is 0 Å². The number of thiol groups is 1. The molecule has 0 spiro atoms. The van der Waals surface area contributed by atoms with E-state index >= 15 is 0 Å². The molecule has 10 heteroatoms. The molecule has 1 heterocycles. The fourth-order valence-electron chi connectivity index (χ4n) is 1.11. The SMILES string of the molecule is N#CCCn1ccc(N(S)C(=O)NCC(F)(F)F)n1. The molecule has 0 atom stereocenters. The molecule has 1 aromatic rings. The van der Waals surface area contributed by atoms with Crippen LogP contribution in [0.3, 0.4) is 0 Å². The van der Waals surface area contributed by atoms with Crippen molar-refractivity contribution in [3.05, 3.63) is 12.3 Å². The number of anilines is 1. The lowest BCUT2D eigenvalue weighted by atomic mass is 10.5. The Balaban J connectivity index is 2.57. The van der Waals surface area contributed by atoms with Crippen LogP contribution in [0.1, 0.15) is 6.42 Å². The van der Waals surface area contributed by atoms with Crippen LogP contribution in [0.2, 0.25) is 0 Å². The number of amides is 2. The number of alkyl halides is 3. The summed E-state index contributed by atoms with van der Waals surface area (Å²) in [5.41, 5.74) is 0. The number of nitrogens with zero attached hydrogens (tertiary/aromatic N) is 4. The summed E-state index contributed by atoms with van der Waals surface area (Å²) < 4.78 is 37.8. The first-order valence-corrected chi connectivity index (χ1v) is 5.47. The van der Waals surface area contributed by atoms with Gasteiger partial charge < -0.3 is 5.32 Å². The third-order valence-electron chi connectivity index (χ3n) is 1.93. The summed E-state index contributed by atoms with van der Waals surface area (Å²) in [4.78, 5) is 11.4. The molecule has 0 aliphatic heterocycles. The van der Waals surface area contributed by atoms with Gasteiger partial charge in [-0.05, 0) is 0 Å². The molecule has 0 saturated carbocycles. The number of nitrogens with one attached hydrogen (secondary N) is 1. The first-order valence-electron chi connectivity index (χ1n) is 5.07.